The van der Waals surface area contributed by atoms with Gasteiger partial charge in [0.15, 0.2) is 11.5 Å². The molecule has 0 spiro atoms. The van der Waals surface area contributed by atoms with Gasteiger partial charge in [-0.25, -0.2) is 0 Å². The minimum atomic E-state index is -0.686. The highest BCUT2D eigenvalue weighted by Gasteiger charge is 2.35. The maximum absolute atomic E-state index is 11.7. The van der Waals surface area contributed by atoms with Crippen LogP contribution in [0.1, 0.15) is 31.6 Å². The molecule has 0 saturated heterocycles. The van der Waals surface area contributed by atoms with Gasteiger partial charge in [0, 0.05) is 29.5 Å². The largest absolute Gasteiger partial charge is 0.487 e. The zero-order chi connectivity index (χ0) is 31.8. The second-order valence-electron chi connectivity index (χ2n) is 11.2. The number of nitro benzene ring substituents is 2. The topological polar surface area (TPSA) is 179 Å². The van der Waals surface area contributed by atoms with Crippen molar-refractivity contribution in [2.45, 2.75) is 26.7 Å². The fraction of sp³-hybridized carbons (Fsp3) is 0.500. The molecule has 1 aromatic heterocycles. The van der Waals surface area contributed by atoms with E-state index in [9.17, 15) is 20.2 Å². The Morgan fingerprint density at radius 3 is 1.91 bits per heavy atom. The molecule has 0 bridgehead atoms. The molecule has 45 heavy (non-hydrogen) atoms. The number of nitrogens with zero attached hydrogens (tertiary/aromatic N) is 3. The Kier molecular flexibility index (Phi) is 10.4. The molecule has 1 N–H and O–H groups in total. The average molecular weight is 629 g/mol. The maximum Gasteiger partial charge on any atom is 0.301 e. The number of furan rings is 1. The zero-order valence-corrected chi connectivity index (χ0v) is 25.2. The summed E-state index contributed by atoms with van der Waals surface area (Å²) in [6.07, 6.45) is 1.17. The van der Waals surface area contributed by atoms with Crippen molar-refractivity contribution in [3.05, 3.63) is 61.9 Å². The Morgan fingerprint density at radius 2 is 1.33 bits per heavy atom. The third-order valence-electron chi connectivity index (χ3n) is 7.19. The minimum Gasteiger partial charge on any atom is -0.487 e. The summed E-state index contributed by atoms with van der Waals surface area (Å²) in [5, 5.41) is 28.2. The van der Waals surface area contributed by atoms with Crippen LogP contribution in [0, 0.1) is 25.6 Å². The Morgan fingerprint density at radius 1 is 0.756 bits per heavy atom. The molecule has 0 amide bonds. The van der Waals surface area contributed by atoms with Crippen molar-refractivity contribution in [1.82, 2.24) is 0 Å². The molecule has 3 aromatic rings. The first-order valence-corrected chi connectivity index (χ1v) is 14.6. The highest BCUT2D eigenvalue weighted by molar-refractivity contribution is 6.13. The molecule has 242 valence electrons. The highest BCUT2D eigenvalue weighted by Crippen LogP contribution is 2.43. The van der Waals surface area contributed by atoms with Crippen LogP contribution in [0.3, 0.4) is 0 Å². The van der Waals surface area contributed by atoms with Crippen molar-refractivity contribution in [1.29, 1.82) is 0 Å². The van der Waals surface area contributed by atoms with E-state index in [2.05, 4.69) is 24.4 Å². The molecule has 2 heterocycles. The number of fused-ring (bicyclic) bond motifs is 4. The van der Waals surface area contributed by atoms with E-state index in [1.54, 1.807) is 6.07 Å². The number of non-ortho nitro benzene ring substituents is 1. The van der Waals surface area contributed by atoms with E-state index in [-0.39, 0.29) is 30.0 Å². The molecule has 0 radical (unpaired) electrons. The third kappa shape index (κ3) is 8.25. The average Bonchev–Trinajstić information content (AvgIpc) is 3.34. The fourth-order valence-corrected chi connectivity index (χ4v) is 5.15. The van der Waals surface area contributed by atoms with Crippen LogP contribution >= 0.6 is 0 Å². The molecule has 0 saturated carbocycles. The molecule has 0 atom stereocenters. The smallest absolute Gasteiger partial charge is 0.301 e. The number of hydrogen-bond donors (Lipinski definition) is 1. The normalized spacial score (nSPS) is 19.3. The van der Waals surface area contributed by atoms with E-state index in [1.165, 1.54) is 12.1 Å². The number of rotatable bonds is 4. The fourth-order valence-electron chi connectivity index (χ4n) is 5.15. The Bertz CT molecular complexity index is 1550. The SMILES string of the molecule is CC1(C)CC(=NNc2ccc([N+](=O)[O-])cc2[N+](=O)[O-])c2c(oc3cc4c(cc23)OCCOCCOCCOCCOCCO4)C1. The first-order valence-electron chi connectivity index (χ1n) is 14.6. The van der Waals surface area contributed by atoms with Gasteiger partial charge in [-0.15, -0.1) is 0 Å². The van der Waals surface area contributed by atoms with Gasteiger partial charge in [0.05, 0.1) is 74.5 Å². The van der Waals surface area contributed by atoms with Crippen LogP contribution in [0.2, 0.25) is 0 Å². The second-order valence-corrected chi connectivity index (χ2v) is 11.2. The molecule has 0 fully saturated rings. The Balaban J connectivity index is 1.46. The third-order valence-corrected chi connectivity index (χ3v) is 7.19. The molecular formula is C30H36N4O11. The lowest BCUT2D eigenvalue weighted by Crippen LogP contribution is -2.27. The van der Waals surface area contributed by atoms with E-state index < -0.39 is 15.5 Å². The molecule has 0 unspecified atom stereocenters. The molecule has 1 aliphatic heterocycles. The summed E-state index contributed by atoms with van der Waals surface area (Å²) in [4.78, 5) is 21.5. The van der Waals surface area contributed by atoms with Crippen LogP contribution in [0.25, 0.3) is 11.0 Å². The van der Waals surface area contributed by atoms with Gasteiger partial charge in [-0.2, -0.15) is 5.10 Å². The standard InChI is InChI=1S/C30H36N4O11/c1-30(2)18-23(32-31-22-4-3-20(33(35)36)15-24(22)34(37)38)29-21-16-26-27(17-25(21)45-28(29)19-30)44-14-12-42-10-8-40-6-5-39-7-9-41-11-13-43-26/h3-4,15-17,31H,5-14,18-19H2,1-2H3. The van der Waals surface area contributed by atoms with Crippen molar-refractivity contribution < 1.29 is 42.7 Å². The minimum absolute atomic E-state index is 0.0284. The monoisotopic (exact) mass is 628 g/mol. The van der Waals surface area contributed by atoms with Gasteiger partial charge in [0.25, 0.3) is 5.69 Å². The second kappa shape index (κ2) is 14.6. The Hall–Kier alpha value is -4.31. The van der Waals surface area contributed by atoms with Crippen molar-refractivity contribution >= 4 is 33.7 Å². The highest BCUT2D eigenvalue weighted by atomic mass is 16.6. The van der Waals surface area contributed by atoms with Gasteiger partial charge in [0.1, 0.15) is 30.2 Å². The quantitative estimate of drug-likeness (QED) is 0.306. The number of nitrogens with one attached hydrogen (secondary N) is 1. The molecule has 5 rings (SSSR count). The van der Waals surface area contributed by atoms with Crippen molar-refractivity contribution in [2.75, 3.05) is 71.5 Å². The number of nitro groups is 2. The number of anilines is 1. The van der Waals surface area contributed by atoms with Crippen LogP contribution in [0.15, 0.2) is 39.9 Å². The van der Waals surface area contributed by atoms with Gasteiger partial charge >= 0.3 is 5.69 Å². The molecule has 2 aliphatic rings. The van der Waals surface area contributed by atoms with E-state index >= 15 is 0 Å². The lowest BCUT2D eigenvalue weighted by Gasteiger charge is -2.29. The van der Waals surface area contributed by atoms with E-state index in [0.29, 0.717) is 94.3 Å². The lowest BCUT2D eigenvalue weighted by atomic mass is 9.75. The Labute approximate surface area is 258 Å². The molecule has 1 aliphatic carbocycles. The summed E-state index contributed by atoms with van der Waals surface area (Å²) in [7, 11) is 0. The van der Waals surface area contributed by atoms with Crippen molar-refractivity contribution in [2.24, 2.45) is 10.5 Å². The maximum atomic E-state index is 11.7. The van der Waals surface area contributed by atoms with Gasteiger partial charge < -0.3 is 32.8 Å². The lowest BCUT2D eigenvalue weighted by molar-refractivity contribution is -0.393. The number of benzene rings is 2. The summed E-state index contributed by atoms with van der Waals surface area (Å²) in [5.74, 6) is 1.68. The first-order chi connectivity index (χ1) is 21.7. The van der Waals surface area contributed by atoms with Crippen LogP contribution in [0.4, 0.5) is 17.1 Å². The molecule has 15 heteroatoms. The van der Waals surface area contributed by atoms with Crippen LogP contribution in [0.5, 0.6) is 11.5 Å². The zero-order valence-electron chi connectivity index (χ0n) is 25.2. The van der Waals surface area contributed by atoms with Crippen LogP contribution in [-0.2, 0) is 25.4 Å². The van der Waals surface area contributed by atoms with Gasteiger partial charge in [0.2, 0.25) is 0 Å². The molecular weight excluding hydrogens is 592 g/mol. The summed E-state index contributed by atoms with van der Waals surface area (Å²) < 4.78 is 40.7. The van der Waals surface area contributed by atoms with Crippen LogP contribution < -0.4 is 14.9 Å². The molecule has 2 aromatic carbocycles. The van der Waals surface area contributed by atoms with Gasteiger partial charge in [-0.1, -0.05) is 13.8 Å². The summed E-state index contributed by atoms with van der Waals surface area (Å²) in [5.41, 5.74) is 3.67. The van der Waals surface area contributed by atoms with Crippen LogP contribution in [-0.4, -0.2) is 81.6 Å². The number of hydrazone groups is 1. The van der Waals surface area contributed by atoms with Crippen molar-refractivity contribution in [3.63, 3.8) is 0 Å². The van der Waals surface area contributed by atoms with Gasteiger partial charge in [-0.05, 0) is 24.0 Å². The number of hydrogen-bond acceptors (Lipinski definition) is 13. The van der Waals surface area contributed by atoms with E-state index in [4.69, 9.17) is 32.8 Å². The molecule has 15 nitrogen and oxygen atoms in total. The number of ether oxygens (including phenoxy) is 6. The van der Waals surface area contributed by atoms with E-state index in [1.807, 2.05) is 6.07 Å². The first kappa shape index (κ1) is 32.1. The van der Waals surface area contributed by atoms with Crippen molar-refractivity contribution in [3.8, 4) is 11.5 Å². The van der Waals surface area contributed by atoms with E-state index in [0.717, 1.165) is 17.0 Å². The summed E-state index contributed by atoms with van der Waals surface area (Å²) >= 11 is 0. The predicted octanol–water partition coefficient (Wildman–Crippen LogP) is 4.88. The summed E-state index contributed by atoms with van der Waals surface area (Å²) in [6.45, 7) is 8.07. The predicted molar refractivity (Wildman–Crippen MR) is 162 cm³/mol. The van der Waals surface area contributed by atoms with Gasteiger partial charge in [-0.3, -0.25) is 25.7 Å². The summed E-state index contributed by atoms with van der Waals surface area (Å²) in [6, 6.07) is 6.98.